The maximum atomic E-state index is 13.0. The average molecular weight is 414 g/mol. The molecule has 0 radical (unpaired) electrons. The second kappa shape index (κ2) is 8.12. The smallest absolute Gasteiger partial charge is 0.409 e. The monoisotopic (exact) mass is 414 g/mol. The largest absolute Gasteiger partial charge is 0.497 e. The van der Waals surface area contributed by atoms with Crippen LogP contribution in [0.1, 0.15) is 17.4 Å². The van der Waals surface area contributed by atoms with Crippen LogP contribution in [-0.2, 0) is 4.74 Å². The van der Waals surface area contributed by atoms with E-state index in [4.69, 9.17) is 9.47 Å². The number of nitrogens with zero attached hydrogens (tertiary/aromatic N) is 4. The third-order valence-electron chi connectivity index (χ3n) is 4.91. The maximum Gasteiger partial charge on any atom is 0.409 e. The summed E-state index contributed by atoms with van der Waals surface area (Å²) in [5, 5.41) is 1.83. The number of thiazole rings is 1. The number of amides is 2. The van der Waals surface area contributed by atoms with Crippen molar-refractivity contribution in [3.05, 3.63) is 41.5 Å². The summed E-state index contributed by atoms with van der Waals surface area (Å²) in [5.41, 5.74) is 2.35. The number of benzene rings is 1. The number of piperazine rings is 1. The van der Waals surface area contributed by atoms with Crippen LogP contribution < -0.4 is 4.74 Å². The molecule has 1 aliphatic rings. The van der Waals surface area contributed by atoms with E-state index >= 15 is 0 Å². The zero-order valence-electron chi connectivity index (χ0n) is 16.3. The number of rotatable bonds is 4. The SMILES string of the molecule is CCOC(=O)N1CCN(C(=O)c2csc3nc(-c4ccc(OC)cc4)cn23)CC1. The third-order valence-corrected chi connectivity index (χ3v) is 5.75. The van der Waals surface area contributed by atoms with Crippen molar-refractivity contribution in [3.8, 4) is 17.0 Å². The summed E-state index contributed by atoms with van der Waals surface area (Å²) in [5.74, 6) is 0.728. The van der Waals surface area contributed by atoms with E-state index in [9.17, 15) is 9.59 Å². The Morgan fingerprint density at radius 3 is 2.45 bits per heavy atom. The normalized spacial score (nSPS) is 14.3. The zero-order chi connectivity index (χ0) is 20.4. The Morgan fingerprint density at radius 2 is 1.79 bits per heavy atom. The van der Waals surface area contributed by atoms with E-state index in [1.807, 2.05) is 40.2 Å². The Kier molecular flexibility index (Phi) is 5.39. The van der Waals surface area contributed by atoms with Crippen molar-refractivity contribution in [2.75, 3.05) is 39.9 Å². The van der Waals surface area contributed by atoms with Gasteiger partial charge >= 0.3 is 6.09 Å². The molecule has 2 aromatic heterocycles. The van der Waals surface area contributed by atoms with Gasteiger partial charge in [0.1, 0.15) is 11.4 Å². The fraction of sp³-hybridized carbons (Fsp3) is 0.350. The van der Waals surface area contributed by atoms with Crippen LogP contribution in [0.25, 0.3) is 16.2 Å². The summed E-state index contributed by atoms with van der Waals surface area (Å²) >= 11 is 1.44. The van der Waals surface area contributed by atoms with Gasteiger partial charge in [-0.3, -0.25) is 9.20 Å². The first-order valence-corrected chi connectivity index (χ1v) is 10.3. The molecule has 0 aliphatic carbocycles. The summed E-state index contributed by atoms with van der Waals surface area (Å²) in [6.07, 6.45) is 1.56. The molecule has 0 bridgehead atoms. The molecule has 152 valence electrons. The van der Waals surface area contributed by atoms with E-state index < -0.39 is 0 Å². The highest BCUT2D eigenvalue weighted by molar-refractivity contribution is 7.15. The highest BCUT2D eigenvalue weighted by atomic mass is 32.1. The van der Waals surface area contributed by atoms with Crippen LogP contribution >= 0.6 is 11.3 Å². The molecule has 0 unspecified atom stereocenters. The van der Waals surface area contributed by atoms with Crippen LogP contribution in [0.15, 0.2) is 35.8 Å². The third kappa shape index (κ3) is 3.77. The van der Waals surface area contributed by atoms with E-state index in [1.54, 1.807) is 23.8 Å². The number of hydrogen-bond acceptors (Lipinski definition) is 6. The standard InChI is InChI=1S/C20H22N4O4S/c1-3-28-20(26)23-10-8-22(9-11-23)18(25)17-13-29-19-21-16(12-24(17)19)14-4-6-15(27-2)7-5-14/h4-7,12-13H,3,8-11H2,1-2H3. The van der Waals surface area contributed by atoms with E-state index in [2.05, 4.69) is 4.98 Å². The first-order chi connectivity index (χ1) is 14.1. The molecule has 1 aliphatic heterocycles. The minimum atomic E-state index is -0.323. The summed E-state index contributed by atoms with van der Waals surface area (Å²) in [6.45, 7) is 4.04. The molecule has 1 fully saturated rings. The number of aromatic nitrogens is 2. The van der Waals surface area contributed by atoms with Crippen LogP contribution in [0.3, 0.4) is 0 Å². The van der Waals surface area contributed by atoms with Crippen molar-refractivity contribution in [2.45, 2.75) is 6.92 Å². The van der Waals surface area contributed by atoms with E-state index in [1.165, 1.54) is 11.3 Å². The van der Waals surface area contributed by atoms with Gasteiger partial charge in [0.25, 0.3) is 5.91 Å². The Balaban J connectivity index is 1.50. The molecule has 8 nitrogen and oxygen atoms in total. The van der Waals surface area contributed by atoms with E-state index in [0.717, 1.165) is 22.0 Å². The topological polar surface area (TPSA) is 76.4 Å². The van der Waals surface area contributed by atoms with Gasteiger partial charge in [0.15, 0.2) is 4.96 Å². The van der Waals surface area contributed by atoms with Gasteiger partial charge in [0, 0.05) is 43.3 Å². The predicted molar refractivity (Wildman–Crippen MR) is 110 cm³/mol. The van der Waals surface area contributed by atoms with Crippen molar-refractivity contribution in [1.29, 1.82) is 0 Å². The number of ether oxygens (including phenoxy) is 2. The number of methoxy groups -OCH3 is 1. The molecule has 1 saturated heterocycles. The van der Waals surface area contributed by atoms with Gasteiger partial charge in [-0.15, -0.1) is 11.3 Å². The minimum Gasteiger partial charge on any atom is -0.497 e. The lowest BCUT2D eigenvalue weighted by Gasteiger charge is -2.33. The lowest BCUT2D eigenvalue weighted by atomic mass is 10.2. The summed E-state index contributed by atoms with van der Waals surface area (Å²) in [6, 6.07) is 7.67. The Hall–Kier alpha value is -3.07. The molecule has 0 atom stereocenters. The summed E-state index contributed by atoms with van der Waals surface area (Å²) < 4.78 is 12.1. The molecule has 2 amide bonds. The van der Waals surface area contributed by atoms with Crippen molar-refractivity contribution in [1.82, 2.24) is 19.2 Å². The number of hydrogen-bond donors (Lipinski definition) is 0. The van der Waals surface area contributed by atoms with Crippen LogP contribution in [0.2, 0.25) is 0 Å². The zero-order valence-corrected chi connectivity index (χ0v) is 17.1. The first-order valence-electron chi connectivity index (χ1n) is 9.42. The van der Waals surface area contributed by atoms with Crippen molar-refractivity contribution in [3.63, 3.8) is 0 Å². The molecule has 4 rings (SSSR count). The second-order valence-electron chi connectivity index (χ2n) is 6.61. The van der Waals surface area contributed by atoms with Gasteiger partial charge in [-0.25, -0.2) is 9.78 Å². The van der Waals surface area contributed by atoms with Gasteiger partial charge in [-0.1, -0.05) is 0 Å². The van der Waals surface area contributed by atoms with Crippen molar-refractivity contribution in [2.24, 2.45) is 0 Å². The highest BCUT2D eigenvalue weighted by Gasteiger charge is 2.27. The second-order valence-corrected chi connectivity index (χ2v) is 7.44. The number of carbonyl (C=O) groups excluding carboxylic acids is 2. The molecule has 3 heterocycles. The molecule has 3 aromatic rings. The molecule has 29 heavy (non-hydrogen) atoms. The average Bonchev–Trinajstić information content (AvgIpc) is 3.34. The molecule has 0 saturated carbocycles. The number of carbonyl (C=O) groups is 2. The minimum absolute atomic E-state index is 0.0570. The number of imidazole rings is 1. The van der Waals surface area contributed by atoms with Gasteiger partial charge in [0.05, 0.1) is 19.4 Å². The van der Waals surface area contributed by atoms with Gasteiger partial charge in [-0.2, -0.15) is 0 Å². The van der Waals surface area contributed by atoms with Crippen LogP contribution in [-0.4, -0.2) is 71.1 Å². The van der Waals surface area contributed by atoms with Gasteiger partial charge < -0.3 is 19.3 Å². The predicted octanol–water partition coefficient (Wildman–Crippen LogP) is 2.99. The lowest BCUT2D eigenvalue weighted by Crippen LogP contribution is -2.50. The first kappa shape index (κ1) is 19.3. The molecular formula is C20H22N4O4S. The fourth-order valence-electron chi connectivity index (χ4n) is 3.31. The van der Waals surface area contributed by atoms with Gasteiger partial charge in [-0.05, 0) is 31.2 Å². The van der Waals surface area contributed by atoms with Gasteiger partial charge in [0.2, 0.25) is 0 Å². The molecule has 1 aromatic carbocycles. The van der Waals surface area contributed by atoms with Crippen LogP contribution in [0, 0.1) is 0 Å². The molecule has 0 spiro atoms. The highest BCUT2D eigenvalue weighted by Crippen LogP contribution is 2.26. The quantitative estimate of drug-likeness (QED) is 0.656. The van der Waals surface area contributed by atoms with E-state index in [0.29, 0.717) is 38.5 Å². The van der Waals surface area contributed by atoms with Crippen molar-refractivity contribution >= 4 is 28.3 Å². The molecular weight excluding hydrogens is 392 g/mol. The maximum absolute atomic E-state index is 13.0. The lowest BCUT2D eigenvalue weighted by molar-refractivity contribution is 0.0565. The Bertz CT molecular complexity index is 1020. The Labute approximate surface area is 172 Å². The molecule has 9 heteroatoms. The molecule has 0 N–H and O–H groups in total. The van der Waals surface area contributed by atoms with Crippen LogP contribution in [0.4, 0.5) is 4.79 Å². The number of fused-ring (bicyclic) bond motifs is 1. The fourth-order valence-corrected chi connectivity index (χ4v) is 4.15. The Morgan fingerprint density at radius 1 is 1.10 bits per heavy atom. The summed E-state index contributed by atoms with van der Waals surface area (Å²) in [7, 11) is 1.63. The summed E-state index contributed by atoms with van der Waals surface area (Å²) in [4.78, 5) is 33.7. The van der Waals surface area contributed by atoms with Crippen LogP contribution in [0.5, 0.6) is 5.75 Å². The van der Waals surface area contributed by atoms with E-state index in [-0.39, 0.29) is 12.0 Å². The van der Waals surface area contributed by atoms with Crippen molar-refractivity contribution < 1.29 is 19.1 Å².